The second kappa shape index (κ2) is 41.1. The van der Waals surface area contributed by atoms with Crippen LogP contribution in [0, 0.1) is 11.8 Å². The summed E-state index contributed by atoms with van der Waals surface area (Å²) in [5, 5.41) is 0. The average molecular weight is 765 g/mol. The van der Waals surface area contributed by atoms with Crippen molar-refractivity contribution in [3.63, 3.8) is 0 Å². The fourth-order valence-electron chi connectivity index (χ4n) is 7.11. The van der Waals surface area contributed by atoms with Crippen LogP contribution in [0.1, 0.15) is 259 Å². The highest BCUT2D eigenvalue weighted by Crippen LogP contribution is 2.17. The highest BCUT2D eigenvalue weighted by atomic mass is 16.6. The quantitative estimate of drug-likeness (QED) is 0.0350. The van der Waals surface area contributed by atoms with E-state index in [1.807, 2.05) is 0 Å². The Labute approximate surface area is 336 Å². The largest absolute Gasteiger partial charge is 0.462 e. The van der Waals surface area contributed by atoms with Gasteiger partial charge in [0.05, 0.1) is 0 Å². The Morgan fingerprint density at radius 1 is 0.352 bits per heavy atom. The topological polar surface area (TPSA) is 78.9 Å². The summed E-state index contributed by atoms with van der Waals surface area (Å²) < 4.78 is 16.7. The maximum atomic E-state index is 12.7. The van der Waals surface area contributed by atoms with Gasteiger partial charge in [-0.1, -0.05) is 221 Å². The maximum Gasteiger partial charge on any atom is 0.306 e. The Morgan fingerprint density at radius 2 is 0.611 bits per heavy atom. The molecular formula is C48H92O6. The van der Waals surface area contributed by atoms with Gasteiger partial charge in [-0.05, 0) is 31.1 Å². The minimum absolute atomic E-state index is 0.0652. The number of unbranched alkanes of at least 4 members (excludes halogenated alkanes) is 27. The van der Waals surface area contributed by atoms with Crippen LogP contribution in [0.25, 0.3) is 0 Å². The molecule has 0 aliphatic heterocycles. The Hall–Kier alpha value is -1.59. The van der Waals surface area contributed by atoms with Gasteiger partial charge in [-0.25, -0.2) is 0 Å². The van der Waals surface area contributed by atoms with Gasteiger partial charge in [-0.3, -0.25) is 14.4 Å². The standard InChI is InChI=1S/C48H92O6/c1-6-7-8-9-10-18-23-30-35-40-48(51)54-45(42-53-47(50)39-34-29-25-24-27-32-37-44(4)5)41-52-46(49)38-33-28-22-20-17-15-13-11-12-14-16-19-21-26-31-36-43(2)3/h43-45H,6-42H2,1-5H3/t45-/m1/s1. The number of hydrogen-bond donors (Lipinski definition) is 0. The van der Waals surface area contributed by atoms with Gasteiger partial charge < -0.3 is 14.2 Å². The van der Waals surface area contributed by atoms with Crippen LogP contribution in [0.4, 0.5) is 0 Å². The van der Waals surface area contributed by atoms with Crippen molar-refractivity contribution in [2.24, 2.45) is 11.8 Å². The molecule has 0 bridgehead atoms. The van der Waals surface area contributed by atoms with Crippen molar-refractivity contribution in [3.8, 4) is 0 Å². The fraction of sp³-hybridized carbons (Fsp3) is 0.938. The number of carbonyl (C=O) groups excluding carboxylic acids is 3. The monoisotopic (exact) mass is 765 g/mol. The van der Waals surface area contributed by atoms with Crippen molar-refractivity contribution in [1.82, 2.24) is 0 Å². The number of ether oxygens (including phenoxy) is 3. The molecule has 0 aromatic carbocycles. The molecule has 0 fully saturated rings. The third-order valence-corrected chi connectivity index (χ3v) is 10.7. The van der Waals surface area contributed by atoms with Crippen molar-refractivity contribution in [2.75, 3.05) is 13.2 Å². The molecule has 1 atom stereocenters. The summed E-state index contributed by atoms with van der Waals surface area (Å²) in [6, 6.07) is 0. The van der Waals surface area contributed by atoms with Crippen molar-refractivity contribution >= 4 is 17.9 Å². The van der Waals surface area contributed by atoms with E-state index >= 15 is 0 Å². The lowest BCUT2D eigenvalue weighted by molar-refractivity contribution is -0.167. The predicted molar refractivity (Wildman–Crippen MR) is 229 cm³/mol. The molecule has 54 heavy (non-hydrogen) atoms. The van der Waals surface area contributed by atoms with E-state index in [1.54, 1.807) is 0 Å². The zero-order valence-electron chi connectivity index (χ0n) is 36.8. The van der Waals surface area contributed by atoms with E-state index in [1.165, 1.54) is 148 Å². The van der Waals surface area contributed by atoms with Crippen LogP contribution in [0.15, 0.2) is 0 Å². The van der Waals surface area contributed by atoms with Gasteiger partial charge in [-0.15, -0.1) is 0 Å². The third-order valence-electron chi connectivity index (χ3n) is 10.7. The molecule has 0 aromatic rings. The third kappa shape index (κ3) is 41.6. The molecule has 0 heterocycles. The lowest BCUT2D eigenvalue weighted by Crippen LogP contribution is -2.30. The maximum absolute atomic E-state index is 12.7. The first-order valence-electron chi connectivity index (χ1n) is 23.7. The first-order chi connectivity index (χ1) is 26.2. The molecule has 0 aromatic heterocycles. The molecule has 0 aliphatic rings. The van der Waals surface area contributed by atoms with Gasteiger partial charge >= 0.3 is 17.9 Å². The van der Waals surface area contributed by atoms with Crippen molar-refractivity contribution in [2.45, 2.75) is 265 Å². The Balaban J connectivity index is 4.20. The summed E-state index contributed by atoms with van der Waals surface area (Å²) in [6.45, 7) is 11.3. The molecule has 0 N–H and O–H groups in total. The van der Waals surface area contributed by atoms with E-state index in [0.29, 0.717) is 19.3 Å². The second-order valence-corrected chi connectivity index (χ2v) is 17.3. The molecule has 0 radical (unpaired) electrons. The van der Waals surface area contributed by atoms with Gasteiger partial charge in [0.25, 0.3) is 0 Å². The fourth-order valence-corrected chi connectivity index (χ4v) is 7.11. The molecule has 0 amide bonds. The molecule has 0 spiro atoms. The number of carbonyl (C=O) groups is 3. The first-order valence-corrected chi connectivity index (χ1v) is 23.7. The SMILES string of the molecule is CCCCCCCCCCCC(=O)O[C@H](COC(=O)CCCCCCCCCCCCCCCCCC(C)C)COC(=O)CCCCCCCCC(C)C. The average Bonchev–Trinajstić information content (AvgIpc) is 3.14. The zero-order chi connectivity index (χ0) is 39.7. The molecule has 0 rings (SSSR count). The molecule has 320 valence electrons. The van der Waals surface area contributed by atoms with Crippen LogP contribution in [0.3, 0.4) is 0 Å². The molecule has 6 heteroatoms. The smallest absolute Gasteiger partial charge is 0.306 e. The molecule has 6 nitrogen and oxygen atoms in total. The number of hydrogen-bond acceptors (Lipinski definition) is 6. The van der Waals surface area contributed by atoms with E-state index in [0.717, 1.165) is 69.6 Å². The molecule has 0 saturated heterocycles. The van der Waals surface area contributed by atoms with Crippen molar-refractivity contribution in [1.29, 1.82) is 0 Å². The lowest BCUT2D eigenvalue weighted by atomic mass is 10.0. The van der Waals surface area contributed by atoms with Crippen molar-refractivity contribution in [3.05, 3.63) is 0 Å². The van der Waals surface area contributed by atoms with E-state index in [9.17, 15) is 14.4 Å². The normalized spacial score (nSPS) is 12.1. The van der Waals surface area contributed by atoms with Crippen LogP contribution in [0.2, 0.25) is 0 Å². The highest BCUT2D eigenvalue weighted by molar-refractivity contribution is 5.71. The van der Waals surface area contributed by atoms with Gasteiger partial charge in [0.1, 0.15) is 13.2 Å². The Morgan fingerprint density at radius 3 is 0.907 bits per heavy atom. The zero-order valence-corrected chi connectivity index (χ0v) is 36.8. The summed E-state index contributed by atoms with van der Waals surface area (Å²) in [5.41, 5.74) is 0. The van der Waals surface area contributed by atoms with E-state index in [-0.39, 0.29) is 31.1 Å². The van der Waals surface area contributed by atoms with Gasteiger partial charge in [-0.2, -0.15) is 0 Å². The minimum atomic E-state index is -0.760. The molecular weight excluding hydrogens is 673 g/mol. The van der Waals surface area contributed by atoms with Crippen LogP contribution >= 0.6 is 0 Å². The summed E-state index contributed by atoms with van der Waals surface area (Å²) in [7, 11) is 0. The van der Waals surface area contributed by atoms with E-state index in [4.69, 9.17) is 14.2 Å². The Bertz CT molecular complexity index is 824. The summed E-state index contributed by atoms with van der Waals surface area (Å²) in [5.74, 6) is 0.751. The van der Waals surface area contributed by atoms with Gasteiger partial charge in [0.2, 0.25) is 0 Å². The summed E-state index contributed by atoms with van der Waals surface area (Å²) >= 11 is 0. The number of rotatable bonds is 42. The first kappa shape index (κ1) is 52.4. The molecule has 0 aliphatic carbocycles. The van der Waals surface area contributed by atoms with E-state index < -0.39 is 6.10 Å². The Kier molecular flexibility index (Phi) is 39.8. The predicted octanol–water partition coefficient (Wildman–Crippen LogP) is 15.0. The van der Waals surface area contributed by atoms with Gasteiger partial charge in [0.15, 0.2) is 6.10 Å². The van der Waals surface area contributed by atoms with Crippen LogP contribution < -0.4 is 0 Å². The van der Waals surface area contributed by atoms with E-state index in [2.05, 4.69) is 34.6 Å². The van der Waals surface area contributed by atoms with Crippen LogP contribution in [-0.2, 0) is 28.6 Å². The molecule has 0 saturated carbocycles. The summed E-state index contributed by atoms with van der Waals surface area (Å²) in [4.78, 5) is 37.6. The highest BCUT2D eigenvalue weighted by Gasteiger charge is 2.19. The van der Waals surface area contributed by atoms with Crippen molar-refractivity contribution < 1.29 is 28.6 Å². The van der Waals surface area contributed by atoms with Gasteiger partial charge in [0, 0.05) is 19.3 Å². The summed E-state index contributed by atoms with van der Waals surface area (Å²) in [6.07, 6.45) is 39.6. The van der Waals surface area contributed by atoms with Crippen LogP contribution in [-0.4, -0.2) is 37.2 Å². The number of esters is 3. The minimum Gasteiger partial charge on any atom is -0.462 e. The second-order valence-electron chi connectivity index (χ2n) is 17.3. The van der Waals surface area contributed by atoms with Crippen LogP contribution in [0.5, 0.6) is 0 Å². The lowest BCUT2D eigenvalue weighted by Gasteiger charge is -2.18. The molecule has 0 unspecified atom stereocenters.